The second-order valence-electron chi connectivity index (χ2n) is 5.77. The number of benzene rings is 1. The van der Waals surface area contributed by atoms with E-state index in [2.05, 4.69) is 15.5 Å². The van der Waals surface area contributed by atoms with Crippen LogP contribution in [0, 0.1) is 0 Å². The first-order chi connectivity index (χ1) is 11.2. The number of carbonyl (C=O) groups is 1. The number of tetrazole rings is 1. The normalized spacial score (nSPS) is 17.4. The van der Waals surface area contributed by atoms with Crippen LogP contribution < -0.4 is 5.69 Å². The zero-order valence-corrected chi connectivity index (χ0v) is 12.5. The number of amides is 1. The zero-order chi connectivity index (χ0) is 15.8. The summed E-state index contributed by atoms with van der Waals surface area (Å²) in [6.45, 7) is 0.395. The molecule has 1 aromatic carbocycles. The highest BCUT2D eigenvalue weighted by atomic mass is 16.2. The number of rotatable bonds is 4. The molecule has 2 aliphatic rings. The summed E-state index contributed by atoms with van der Waals surface area (Å²) in [4.78, 5) is 24.4. The molecule has 0 spiro atoms. The van der Waals surface area contributed by atoms with Gasteiger partial charge in [-0.05, 0) is 28.8 Å². The molecule has 0 bridgehead atoms. The van der Waals surface area contributed by atoms with Gasteiger partial charge in [0.15, 0.2) is 0 Å². The Morgan fingerprint density at radius 2 is 1.96 bits per heavy atom. The molecule has 4 rings (SSSR count). The van der Waals surface area contributed by atoms with Crippen LogP contribution in [-0.4, -0.2) is 43.0 Å². The highest BCUT2D eigenvalue weighted by Crippen LogP contribution is 2.32. The van der Waals surface area contributed by atoms with Crippen molar-refractivity contribution in [2.24, 2.45) is 5.10 Å². The Morgan fingerprint density at radius 3 is 2.70 bits per heavy atom. The smallest absolute Gasteiger partial charge is 0.271 e. The summed E-state index contributed by atoms with van der Waals surface area (Å²) in [5, 5.41) is 13.4. The van der Waals surface area contributed by atoms with Crippen molar-refractivity contribution in [1.29, 1.82) is 0 Å². The molecule has 8 nitrogen and oxygen atoms in total. The molecule has 23 heavy (non-hydrogen) atoms. The van der Waals surface area contributed by atoms with E-state index >= 15 is 0 Å². The van der Waals surface area contributed by atoms with Gasteiger partial charge in [0.2, 0.25) is 0 Å². The molecule has 0 radical (unpaired) electrons. The van der Waals surface area contributed by atoms with Crippen LogP contribution in [0.25, 0.3) is 0 Å². The molecule has 1 aromatic heterocycles. The van der Waals surface area contributed by atoms with Crippen LogP contribution in [0.2, 0.25) is 0 Å². The molecular formula is C15H16N6O2. The third-order valence-electron chi connectivity index (χ3n) is 4.04. The van der Waals surface area contributed by atoms with Crippen molar-refractivity contribution >= 4 is 11.6 Å². The number of carbonyl (C=O) groups excluding carboxylic acids is 1. The minimum atomic E-state index is -0.327. The topological polar surface area (TPSA) is 85.4 Å². The summed E-state index contributed by atoms with van der Waals surface area (Å²) < 4.78 is 2.46. The molecule has 2 heterocycles. The fourth-order valence-corrected chi connectivity index (χ4v) is 2.61. The lowest BCUT2D eigenvalue weighted by molar-refractivity contribution is -0.131. The van der Waals surface area contributed by atoms with Crippen molar-refractivity contribution in [3.63, 3.8) is 0 Å². The Labute approximate surface area is 132 Å². The quantitative estimate of drug-likeness (QED) is 0.818. The van der Waals surface area contributed by atoms with Gasteiger partial charge in [-0.15, -0.1) is 0 Å². The maximum Gasteiger partial charge on any atom is 0.364 e. The fourth-order valence-electron chi connectivity index (χ4n) is 2.61. The van der Waals surface area contributed by atoms with E-state index in [1.807, 2.05) is 30.3 Å². The van der Waals surface area contributed by atoms with Crippen LogP contribution in [0.15, 0.2) is 40.2 Å². The molecule has 1 aliphatic heterocycles. The summed E-state index contributed by atoms with van der Waals surface area (Å²) in [7, 11) is 0. The Morgan fingerprint density at radius 1 is 1.17 bits per heavy atom. The maximum atomic E-state index is 12.3. The number of hydrogen-bond donors (Lipinski definition) is 0. The number of hydrogen-bond acceptors (Lipinski definition) is 5. The Hall–Kier alpha value is -2.77. The third-order valence-corrected chi connectivity index (χ3v) is 4.04. The third kappa shape index (κ3) is 2.67. The molecule has 1 amide bonds. The zero-order valence-electron chi connectivity index (χ0n) is 12.5. The molecule has 0 N–H and O–H groups in total. The predicted molar refractivity (Wildman–Crippen MR) is 81.9 cm³/mol. The number of aromatic nitrogens is 4. The molecule has 1 aliphatic carbocycles. The summed E-state index contributed by atoms with van der Waals surface area (Å²) in [6, 6.07) is 9.92. The Balaban J connectivity index is 1.48. The average molecular weight is 312 g/mol. The lowest BCUT2D eigenvalue weighted by atomic mass is 10.1. The van der Waals surface area contributed by atoms with Crippen molar-refractivity contribution in [1.82, 2.24) is 24.8 Å². The van der Waals surface area contributed by atoms with Gasteiger partial charge in [0.25, 0.3) is 5.91 Å². The van der Waals surface area contributed by atoms with Gasteiger partial charge in [0.1, 0.15) is 6.54 Å². The van der Waals surface area contributed by atoms with Gasteiger partial charge in [-0.1, -0.05) is 30.3 Å². The lowest BCUT2D eigenvalue weighted by Gasteiger charge is -2.10. The minimum Gasteiger partial charge on any atom is -0.271 e. The summed E-state index contributed by atoms with van der Waals surface area (Å²) in [6.07, 6.45) is 2.60. The van der Waals surface area contributed by atoms with Gasteiger partial charge >= 0.3 is 5.69 Å². The SMILES string of the molecule is O=C(Cn1nnn(C2CC2)c1=O)N1CCC(c2ccccc2)=N1. The van der Waals surface area contributed by atoms with Crippen molar-refractivity contribution in [3.8, 4) is 0 Å². The monoisotopic (exact) mass is 312 g/mol. The molecule has 8 heteroatoms. The van der Waals surface area contributed by atoms with Crippen molar-refractivity contribution in [2.75, 3.05) is 6.54 Å². The molecule has 0 saturated heterocycles. The van der Waals surface area contributed by atoms with Gasteiger partial charge in [-0.2, -0.15) is 14.5 Å². The largest absolute Gasteiger partial charge is 0.364 e. The van der Waals surface area contributed by atoms with E-state index in [1.54, 1.807) is 0 Å². The molecule has 1 saturated carbocycles. The van der Waals surface area contributed by atoms with E-state index < -0.39 is 0 Å². The standard InChI is InChI=1S/C15H16N6O2/c22-14(10-20-15(23)21(18-17-20)12-6-7-12)19-9-8-13(16-19)11-4-2-1-3-5-11/h1-5,12H,6-10H2. The average Bonchev–Trinajstić information content (AvgIpc) is 3.17. The van der Waals surface area contributed by atoms with Crippen LogP contribution in [0.1, 0.15) is 30.9 Å². The Kier molecular flexibility index (Phi) is 3.29. The van der Waals surface area contributed by atoms with E-state index in [0.717, 1.165) is 28.8 Å². The molecular weight excluding hydrogens is 296 g/mol. The van der Waals surface area contributed by atoms with Crippen LogP contribution >= 0.6 is 0 Å². The second-order valence-corrected chi connectivity index (χ2v) is 5.77. The molecule has 0 unspecified atom stereocenters. The number of nitrogens with zero attached hydrogens (tertiary/aromatic N) is 6. The first-order valence-corrected chi connectivity index (χ1v) is 7.68. The van der Waals surface area contributed by atoms with E-state index in [9.17, 15) is 9.59 Å². The van der Waals surface area contributed by atoms with Crippen molar-refractivity contribution in [2.45, 2.75) is 31.8 Å². The summed E-state index contributed by atoms with van der Waals surface area (Å²) in [5.41, 5.74) is 1.57. The van der Waals surface area contributed by atoms with Crippen LogP contribution in [0.5, 0.6) is 0 Å². The van der Waals surface area contributed by atoms with Crippen LogP contribution in [-0.2, 0) is 11.3 Å². The van der Waals surface area contributed by atoms with E-state index in [-0.39, 0.29) is 24.2 Å². The second kappa shape index (κ2) is 5.45. The summed E-state index contributed by atoms with van der Waals surface area (Å²) >= 11 is 0. The highest BCUT2D eigenvalue weighted by Gasteiger charge is 2.29. The predicted octanol–water partition coefficient (Wildman–Crippen LogP) is 0.411. The molecule has 2 aromatic rings. The van der Waals surface area contributed by atoms with Gasteiger partial charge in [-0.3, -0.25) is 4.79 Å². The van der Waals surface area contributed by atoms with Gasteiger partial charge in [0, 0.05) is 6.42 Å². The fraction of sp³-hybridized carbons (Fsp3) is 0.400. The maximum absolute atomic E-state index is 12.3. The van der Waals surface area contributed by atoms with Crippen molar-refractivity contribution in [3.05, 3.63) is 46.4 Å². The Bertz CT molecular complexity index is 818. The van der Waals surface area contributed by atoms with E-state index in [0.29, 0.717) is 13.0 Å². The lowest BCUT2D eigenvalue weighted by Crippen LogP contribution is -2.33. The van der Waals surface area contributed by atoms with E-state index in [4.69, 9.17) is 0 Å². The molecule has 0 atom stereocenters. The highest BCUT2D eigenvalue weighted by molar-refractivity contribution is 6.02. The number of hydrazone groups is 1. The molecule has 118 valence electrons. The molecule has 1 fully saturated rings. The minimum absolute atomic E-state index is 0.128. The first-order valence-electron chi connectivity index (χ1n) is 7.68. The first kappa shape index (κ1) is 13.9. The van der Waals surface area contributed by atoms with E-state index in [1.165, 1.54) is 9.69 Å². The summed E-state index contributed by atoms with van der Waals surface area (Å²) in [5.74, 6) is -0.249. The van der Waals surface area contributed by atoms with Crippen molar-refractivity contribution < 1.29 is 4.79 Å². The van der Waals surface area contributed by atoms with Gasteiger partial charge < -0.3 is 0 Å². The van der Waals surface area contributed by atoms with Crippen LogP contribution in [0.4, 0.5) is 0 Å². The van der Waals surface area contributed by atoms with Gasteiger partial charge in [-0.25, -0.2) is 9.80 Å². The van der Waals surface area contributed by atoms with Crippen LogP contribution in [0.3, 0.4) is 0 Å². The van der Waals surface area contributed by atoms with Gasteiger partial charge in [0.05, 0.1) is 18.3 Å².